The summed E-state index contributed by atoms with van der Waals surface area (Å²) in [4.78, 5) is 25.3. The molecule has 0 radical (unpaired) electrons. The van der Waals surface area contributed by atoms with Gasteiger partial charge in [-0.05, 0) is 68.4 Å². The number of nitrogens with zero attached hydrogens (tertiary/aromatic N) is 5. The highest BCUT2D eigenvalue weighted by atomic mass is 32.2. The maximum absolute atomic E-state index is 12.7. The first-order valence-corrected chi connectivity index (χ1v) is 13.9. The van der Waals surface area contributed by atoms with E-state index < -0.39 is 10.0 Å². The monoisotopic (exact) mass is 563 g/mol. The number of sulfonamides is 1. The molecule has 0 aliphatic heterocycles. The molecule has 14 heteroatoms. The van der Waals surface area contributed by atoms with Crippen LogP contribution in [-0.2, 0) is 14.8 Å². The summed E-state index contributed by atoms with van der Waals surface area (Å²) in [6, 6.07) is 14.4. The molecule has 12 nitrogen and oxygen atoms in total. The van der Waals surface area contributed by atoms with Crippen LogP contribution in [0.4, 0.5) is 11.6 Å². The number of carbonyl (C=O) groups excluding carboxylic acids is 1. The second-order valence-electron chi connectivity index (χ2n) is 8.19. The third kappa shape index (κ3) is 6.30. The molecule has 0 saturated heterocycles. The van der Waals surface area contributed by atoms with Gasteiger partial charge >= 0.3 is 0 Å². The molecule has 4 aromatic heterocycles. The number of hydrogen-bond acceptors (Lipinski definition) is 11. The molecule has 0 aliphatic carbocycles. The number of furan rings is 2. The van der Waals surface area contributed by atoms with Gasteiger partial charge in [-0.2, -0.15) is 0 Å². The van der Waals surface area contributed by atoms with E-state index in [2.05, 4.69) is 35.2 Å². The highest BCUT2D eigenvalue weighted by Gasteiger charge is 2.19. The van der Waals surface area contributed by atoms with Crippen molar-refractivity contribution < 1.29 is 22.0 Å². The summed E-state index contributed by atoms with van der Waals surface area (Å²) in [5.74, 6) is 0.612. The van der Waals surface area contributed by atoms with Gasteiger partial charge in [0.2, 0.25) is 17.0 Å². The Morgan fingerprint density at radius 3 is 2.13 bits per heavy atom. The second kappa shape index (κ2) is 11.0. The van der Waals surface area contributed by atoms with Crippen LogP contribution in [0.15, 0.2) is 86.0 Å². The summed E-state index contributed by atoms with van der Waals surface area (Å²) in [7, 11) is -3.91. The number of aryl methyl sites for hydroxylation is 2. The molecule has 2 N–H and O–H groups in total. The molecule has 198 valence electrons. The third-order valence-corrected chi connectivity index (χ3v) is 7.35. The van der Waals surface area contributed by atoms with Crippen molar-refractivity contribution in [3.05, 3.63) is 78.5 Å². The average Bonchev–Trinajstić information content (AvgIpc) is 3.62. The van der Waals surface area contributed by atoms with E-state index in [0.29, 0.717) is 40.0 Å². The molecule has 0 unspecified atom stereocenters. The molecule has 0 atom stereocenters. The van der Waals surface area contributed by atoms with Gasteiger partial charge in [-0.15, -0.1) is 10.2 Å². The van der Waals surface area contributed by atoms with Crippen LogP contribution < -0.4 is 10.0 Å². The van der Waals surface area contributed by atoms with Gasteiger partial charge < -0.3 is 14.2 Å². The van der Waals surface area contributed by atoms with Crippen molar-refractivity contribution in [1.82, 2.24) is 25.1 Å². The van der Waals surface area contributed by atoms with Crippen LogP contribution in [0.2, 0.25) is 0 Å². The van der Waals surface area contributed by atoms with Gasteiger partial charge in [-0.1, -0.05) is 11.8 Å². The molecule has 1 aromatic carbocycles. The normalized spacial score (nSPS) is 11.3. The van der Waals surface area contributed by atoms with Crippen molar-refractivity contribution in [2.24, 2.45) is 0 Å². The number of aromatic nitrogens is 5. The zero-order valence-electron chi connectivity index (χ0n) is 20.7. The number of rotatable bonds is 9. The Bertz CT molecular complexity index is 1690. The molecule has 0 aliphatic rings. The van der Waals surface area contributed by atoms with Gasteiger partial charge in [-0.3, -0.25) is 4.79 Å². The van der Waals surface area contributed by atoms with Gasteiger partial charge in [0.15, 0.2) is 17.2 Å². The van der Waals surface area contributed by atoms with Crippen molar-refractivity contribution in [2.45, 2.75) is 23.9 Å². The van der Waals surface area contributed by atoms with Gasteiger partial charge in [0, 0.05) is 17.1 Å². The Kier molecular flexibility index (Phi) is 7.38. The zero-order valence-corrected chi connectivity index (χ0v) is 22.3. The van der Waals surface area contributed by atoms with Crippen LogP contribution in [0.1, 0.15) is 11.4 Å². The highest BCUT2D eigenvalue weighted by Crippen LogP contribution is 2.30. The van der Waals surface area contributed by atoms with E-state index in [4.69, 9.17) is 8.83 Å². The largest absolute Gasteiger partial charge is 0.463 e. The number of nitrogens with one attached hydrogen (secondary N) is 2. The van der Waals surface area contributed by atoms with Crippen molar-refractivity contribution in [3.8, 4) is 22.9 Å². The lowest BCUT2D eigenvalue weighted by atomic mass is 10.2. The second-order valence-corrected chi connectivity index (χ2v) is 10.8. The van der Waals surface area contributed by atoms with Crippen LogP contribution in [0.25, 0.3) is 22.9 Å². The third-order valence-electron chi connectivity index (χ3n) is 5.17. The lowest BCUT2D eigenvalue weighted by Gasteiger charge is -2.09. The first-order chi connectivity index (χ1) is 18.8. The molecule has 39 heavy (non-hydrogen) atoms. The van der Waals surface area contributed by atoms with Crippen molar-refractivity contribution in [1.29, 1.82) is 0 Å². The lowest BCUT2D eigenvalue weighted by Crippen LogP contribution is -2.17. The van der Waals surface area contributed by atoms with Gasteiger partial charge in [0.05, 0.1) is 23.2 Å². The van der Waals surface area contributed by atoms with Gasteiger partial charge in [-0.25, -0.2) is 28.1 Å². The summed E-state index contributed by atoms with van der Waals surface area (Å²) in [6.45, 7) is 3.50. The summed E-state index contributed by atoms with van der Waals surface area (Å²) in [5.41, 5.74) is 2.55. The summed E-state index contributed by atoms with van der Waals surface area (Å²) in [6.07, 6.45) is 3.04. The maximum Gasteiger partial charge on any atom is 0.264 e. The summed E-state index contributed by atoms with van der Waals surface area (Å²) >= 11 is 1.09. The molecule has 0 spiro atoms. The Labute approximate surface area is 227 Å². The molecule has 0 bridgehead atoms. The van der Waals surface area contributed by atoms with Crippen LogP contribution in [0.5, 0.6) is 0 Å². The standard InChI is InChI=1S/C25H21N7O5S2/c1-15-13-16(2)27-24(26-15)32-39(34,35)18-9-7-17(8-10-18)28-21(33)14-38-25-29-22(19-5-3-11-36-19)23(30-31-25)20-6-4-12-37-20/h3-13H,14H2,1-2H3,(H,28,33)(H,26,27,32). The van der Waals surface area contributed by atoms with E-state index in [1.54, 1.807) is 44.2 Å². The highest BCUT2D eigenvalue weighted by molar-refractivity contribution is 7.99. The molecular weight excluding hydrogens is 542 g/mol. The average molecular weight is 564 g/mol. The Morgan fingerprint density at radius 2 is 1.51 bits per heavy atom. The number of benzene rings is 1. The van der Waals surface area contributed by atoms with Crippen molar-refractivity contribution >= 4 is 39.3 Å². The smallest absolute Gasteiger partial charge is 0.264 e. The predicted molar refractivity (Wildman–Crippen MR) is 143 cm³/mol. The van der Waals surface area contributed by atoms with Crippen LogP contribution in [-0.4, -0.2) is 45.2 Å². The lowest BCUT2D eigenvalue weighted by molar-refractivity contribution is -0.113. The maximum atomic E-state index is 12.7. The number of thioether (sulfide) groups is 1. The van der Waals surface area contributed by atoms with Crippen LogP contribution >= 0.6 is 11.8 Å². The van der Waals surface area contributed by atoms with Crippen molar-refractivity contribution in [2.75, 3.05) is 15.8 Å². The first-order valence-electron chi connectivity index (χ1n) is 11.5. The number of carbonyl (C=O) groups is 1. The minimum Gasteiger partial charge on any atom is -0.463 e. The fourth-order valence-electron chi connectivity index (χ4n) is 3.53. The summed E-state index contributed by atoms with van der Waals surface area (Å²) < 4.78 is 38.7. The Hall–Kier alpha value is -4.56. The van der Waals surface area contributed by atoms with Gasteiger partial charge in [0.25, 0.3) is 10.0 Å². The van der Waals surface area contributed by atoms with Crippen LogP contribution in [0, 0.1) is 13.8 Å². The quantitative estimate of drug-likeness (QED) is 0.245. The predicted octanol–water partition coefficient (Wildman–Crippen LogP) is 4.33. The van der Waals surface area contributed by atoms with E-state index in [1.807, 2.05) is 0 Å². The summed E-state index contributed by atoms with van der Waals surface area (Å²) in [5, 5.41) is 11.3. The number of anilines is 2. The zero-order chi connectivity index (χ0) is 27.4. The topological polar surface area (TPSA) is 166 Å². The van der Waals surface area contributed by atoms with Gasteiger partial charge in [0.1, 0.15) is 5.69 Å². The SMILES string of the molecule is Cc1cc(C)nc(NS(=O)(=O)c2ccc(NC(=O)CSc3nnc(-c4ccco4)c(-c4ccco4)n3)cc2)n1. The van der Waals surface area contributed by atoms with E-state index in [9.17, 15) is 13.2 Å². The molecule has 1 amide bonds. The first kappa shape index (κ1) is 26.1. The van der Waals surface area contributed by atoms with E-state index in [0.717, 1.165) is 11.8 Å². The fourth-order valence-corrected chi connectivity index (χ4v) is 5.06. The molecule has 0 fully saturated rings. The van der Waals surface area contributed by atoms with Crippen molar-refractivity contribution in [3.63, 3.8) is 0 Å². The fraction of sp³-hybridized carbons (Fsp3) is 0.120. The Balaban J connectivity index is 1.22. The number of amides is 1. The molecule has 0 saturated carbocycles. The van der Waals surface area contributed by atoms with E-state index in [-0.39, 0.29) is 27.7 Å². The molecular formula is C25H21N7O5S2. The molecule has 5 aromatic rings. The minimum absolute atomic E-state index is 0.000732. The molecule has 4 heterocycles. The van der Waals surface area contributed by atoms with Crippen LogP contribution in [0.3, 0.4) is 0 Å². The number of hydrogen-bond donors (Lipinski definition) is 2. The molecule has 5 rings (SSSR count). The Morgan fingerprint density at radius 1 is 0.872 bits per heavy atom. The van der Waals surface area contributed by atoms with E-state index in [1.165, 1.54) is 36.8 Å². The van der Waals surface area contributed by atoms with E-state index >= 15 is 0 Å². The minimum atomic E-state index is -3.91.